The molecule has 0 unspecified atom stereocenters. The SMILES string of the molecule is CN(C)c1ccc(CN2CCC[C@@H](c3csc(Nc4ccc(C#N)nc4)n3)C2)cc1. The van der Waals surface area contributed by atoms with Gasteiger partial charge in [0.25, 0.3) is 0 Å². The number of benzene rings is 1. The van der Waals surface area contributed by atoms with Crippen LogP contribution in [0.1, 0.15) is 35.7 Å². The van der Waals surface area contributed by atoms with E-state index in [1.165, 1.54) is 24.1 Å². The summed E-state index contributed by atoms with van der Waals surface area (Å²) in [5.74, 6) is 0.464. The summed E-state index contributed by atoms with van der Waals surface area (Å²) in [5, 5.41) is 15.2. The van der Waals surface area contributed by atoms with Crippen LogP contribution in [0.5, 0.6) is 0 Å². The van der Waals surface area contributed by atoms with Gasteiger partial charge in [-0.15, -0.1) is 11.3 Å². The fourth-order valence-corrected chi connectivity index (χ4v) is 4.60. The van der Waals surface area contributed by atoms with Gasteiger partial charge in [0.2, 0.25) is 0 Å². The molecule has 1 saturated heterocycles. The van der Waals surface area contributed by atoms with E-state index in [4.69, 9.17) is 10.2 Å². The Kier molecular flexibility index (Phi) is 6.26. The molecule has 0 radical (unpaired) electrons. The van der Waals surface area contributed by atoms with E-state index in [9.17, 15) is 0 Å². The van der Waals surface area contributed by atoms with Crippen LogP contribution in [0, 0.1) is 11.3 Å². The molecule has 1 aliphatic rings. The normalized spacial score (nSPS) is 16.8. The van der Waals surface area contributed by atoms with Gasteiger partial charge in [-0.05, 0) is 49.2 Å². The molecular weight excluding hydrogens is 392 g/mol. The summed E-state index contributed by atoms with van der Waals surface area (Å²) in [6.45, 7) is 3.16. The van der Waals surface area contributed by atoms with E-state index in [-0.39, 0.29) is 0 Å². The van der Waals surface area contributed by atoms with E-state index in [1.807, 2.05) is 12.1 Å². The maximum Gasteiger partial charge on any atom is 0.187 e. The molecule has 1 N–H and O–H groups in total. The standard InChI is InChI=1S/C23H26N6S/c1-28(2)21-9-5-17(6-10-21)14-29-11-3-4-18(15-29)22-16-30-23(27-22)26-20-8-7-19(12-24)25-13-20/h5-10,13,16,18H,3-4,11,14-15H2,1-2H3,(H,26,27)/t18-/m1/s1. The van der Waals surface area contributed by atoms with E-state index in [2.05, 4.69) is 63.8 Å². The van der Waals surface area contributed by atoms with Crippen molar-refractivity contribution in [2.75, 3.05) is 37.4 Å². The maximum absolute atomic E-state index is 8.87. The molecule has 0 bridgehead atoms. The highest BCUT2D eigenvalue weighted by molar-refractivity contribution is 7.13. The van der Waals surface area contributed by atoms with E-state index < -0.39 is 0 Å². The van der Waals surface area contributed by atoms with Crippen molar-refractivity contribution in [3.05, 3.63) is 64.9 Å². The molecule has 1 atom stereocenters. The first-order valence-corrected chi connectivity index (χ1v) is 11.1. The minimum atomic E-state index is 0.416. The molecule has 3 aromatic rings. The highest BCUT2D eigenvalue weighted by atomic mass is 32.1. The van der Waals surface area contributed by atoms with E-state index in [0.29, 0.717) is 11.6 Å². The number of aromatic nitrogens is 2. The molecule has 0 amide bonds. The van der Waals surface area contributed by atoms with Crippen molar-refractivity contribution < 1.29 is 0 Å². The zero-order valence-electron chi connectivity index (χ0n) is 17.4. The van der Waals surface area contributed by atoms with Gasteiger partial charge < -0.3 is 10.2 Å². The maximum atomic E-state index is 8.87. The first-order valence-electron chi connectivity index (χ1n) is 10.2. The molecule has 0 aliphatic carbocycles. The van der Waals surface area contributed by atoms with Gasteiger partial charge in [-0.25, -0.2) is 9.97 Å². The van der Waals surface area contributed by atoms with Crippen LogP contribution < -0.4 is 10.2 Å². The lowest BCUT2D eigenvalue weighted by Crippen LogP contribution is -2.34. The lowest BCUT2D eigenvalue weighted by molar-refractivity contribution is 0.199. The number of rotatable bonds is 6. The van der Waals surface area contributed by atoms with E-state index in [1.54, 1.807) is 23.6 Å². The van der Waals surface area contributed by atoms with Crippen molar-refractivity contribution in [1.82, 2.24) is 14.9 Å². The third-order valence-electron chi connectivity index (χ3n) is 5.43. The van der Waals surface area contributed by atoms with Crippen LogP contribution in [0.3, 0.4) is 0 Å². The highest BCUT2D eigenvalue weighted by Crippen LogP contribution is 2.31. The minimum absolute atomic E-state index is 0.416. The van der Waals surface area contributed by atoms with Crippen molar-refractivity contribution in [2.45, 2.75) is 25.3 Å². The van der Waals surface area contributed by atoms with Crippen molar-refractivity contribution in [2.24, 2.45) is 0 Å². The molecule has 154 valence electrons. The molecular formula is C23H26N6S. The highest BCUT2D eigenvalue weighted by Gasteiger charge is 2.23. The van der Waals surface area contributed by atoms with Crippen LogP contribution in [-0.2, 0) is 6.54 Å². The molecule has 1 aliphatic heterocycles. The van der Waals surface area contributed by atoms with E-state index >= 15 is 0 Å². The Hall–Kier alpha value is -2.95. The second-order valence-corrected chi connectivity index (χ2v) is 8.74. The van der Waals surface area contributed by atoms with Crippen LogP contribution in [0.15, 0.2) is 48.0 Å². The van der Waals surface area contributed by atoms with Gasteiger partial charge >= 0.3 is 0 Å². The number of pyridine rings is 1. The summed E-state index contributed by atoms with van der Waals surface area (Å²) in [5.41, 5.74) is 5.02. The fourth-order valence-electron chi connectivity index (χ4n) is 3.79. The smallest absolute Gasteiger partial charge is 0.187 e. The largest absolute Gasteiger partial charge is 0.378 e. The zero-order chi connectivity index (χ0) is 20.9. The molecule has 0 saturated carbocycles. The molecule has 6 nitrogen and oxygen atoms in total. The monoisotopic (exact) mass is 418 g/mol. The van der Waals surface area contributed by atoms with Gasteiger partial charge in [0.15, 0.2) is 5.13 Å². The van der Waals surface area contributed by atoms with Crippen molar-refractivity contribution in [3.8, 4) is 6.07 Å². The summed E-state index contributed by atoms with van der Waals surface area (Å²) in [6.07, 6.45) is 4.04. The van der Waals surface area contributed by atoms with Gasteiger partial charge in [0.1, 0.15) is 11.8 Å². The number of nitriles is 1. The van der Waals surface area contributed by atoms with Crippen LogP contribution >= 0.6 is 11.3 Å². The zero-order valence-corrected chi connectivity index (χ0v) is 18.2. The second-order valence-electron chi connectivity index (χ2n) is 7.88. The topological polar surface area (TPSA) is 68.1 Å². The van der Waals surface area contributed by atoms with Crippen LogP contribution in [0.2, 0.25) is 0 Å². The van der Waals surface area contributed by atoms with E-state index in [0.717, 1.165) is 36.1 Å². The Bertz CT molecular complexity index is 1000. The predicted octanol–water partition coefficient (Wildman–Crippen LogP) is 4.60. The van der Waals surface area contributed by atoms with Gasteiger partial charge in [0.05, 0.1) is 17.6 Å². The summed E-state index contributed by atoms with van der Waals surface area (Å²) in [4.78, 5) is 13.6. The van der Waals surface area contributed by atoms with Crippen LogP contribution in [0.25, 0.3) is 0 Å². The van der Waals surface area contributed by atoms with Gasteiger partial charge in [-0.3, -0.25) is 4.90 Å². The molecule has 2 aromatic heterocycles. The first kappa shape index (κ1) is 20.3. The Labute approximate surface area is 181 Å². The second kappa shape index (κ2) is 9.24. The average Bonchev–Trinajstić information content (AvgIpc) is 3.23. The molecule has 1 fully saturated rings. The van der Waals surface area contributed by atoms with Crippen LogP contribution in [-0.4, -0.2) is 42.1 Å². The predicted molar refractivity (Wildman–Crippen MR) is 122 cm³/mol. The quantitative estimate of drug-likeness (QED) is 0.631. The van der Waals surface area contributed by atoms with Crippen molar-refractivity contribution in [1.29, 1.82) is 5.26 Å². The number of nitrogens with one attached hydrogen (secondary N) is 1. The minimum Gasteiger partial charge on any atom is -0.378 e. The van der Waals surface area contributed by atoms with Crippen molar-refractivity contribution >= 4 is 27.8 Å². The first-order chi connectivity index (χ1) is 14.6. The number of hydrogen-bond acceptors (Lipinski definition) is 7. The fraction of sp³-hybridized carbons (Fsp3) is 0.348. The summed E-state index contributed by atoms with van der Waals surface area (Å²) in [6, 6.07) is 14.4. The Morgan fingerprint density at radius 2 is 2.07 bits per heavy atom. The summed E-state index contributed by atoms with van der Waals surface area (Å²) >= 11 is 1.62. The molecule has 3 heterocycles. The molecule has 0 spiro atoms. The summed E-state index contributed by atoms with van der Waals surface area (Å²) < 4.78 is 0. The lowest BCUT2D eigenvalue weighted by Gasteiger charge is -2.32. The molecule has 7 heteroatoms. The molecule has 1 aromatic carbocycles. The Balaban J connectivity index is 1.36. The number of anilines is 3. The number of likely N-dealkylation sites (tertiary alicyclic amines) is 1. The third-order valence-corrected chi connectivity index (χ3v) is 6.21. The van der Waals surface area contributed by atoms with Gasteiger partial charge in [-0.2, -0.15) is 5.26 Å². The number of piperidine rings is 1. The third kappa shape index (κ3) is 4.96. The number of hydrogen-bond donors (Lipinski definition) is 1. The Morgan fingerprint density at radius 1 is 1.23 bits per heavy atom. The van der Waals surface area contributed by atoms with Crippen LogP contribution in [0.4, 0.5) is 16.5 Å². The number of nitrogens with zero attached hydrogens (tertiary/aromatic N) is 5. The molecule has 30 heavy (non-hydrogen) atoms. The Morgan fingerprint density at radius 3 is 2.77 bits per heavy atom. The average molecular weight is 419 g/mol. The number of thiazole rings is 1. The van der Waals surface area contributed by atoms with Gasteiger partial charge in [-0.1, -0.05) is 12.1 Å². The summed E-state index contributed by atoms with van der Waals surface area (Å²) in [7, 11) is 4.14. The molecule has 4 rings (SSSR count). The van der Waals surface area contributed by atoms with Crippen molar-refractivity contribution in [3.63, 3.8) is 0 Å². The van der Waals surface area contributed by atoms with Gasteiger partial charge in [0, 0.05) is 44.2 Å². The lowest BCUT2D eigenvalue weighted by atomic mass is 9.95.